The third-order valence-electron chi connectivity index (χ3n) is 4.36. The van der Waals surface area contributed by atoms with Crippen LogP contribution in [0.3, 0.4) is 0 Å². The summed E-state index contributed by atoms with van der Waals surface area (Å²) in [5, 5.41) is 2.14. The lowest BCUT2D eigenvalue weighted by molar-refractivity contribution is -0.119. The Kier molecular flexibility index (Phi) is 4.64. The molecule has 3 nitrogen and oxygen atoms in total. The third kappa shape index (κ3) is 3.32. The third-order valence-corrected chi connectivity index (χ3v) is 5.60. The summed E-state index contributed by atoms with van der Waals surface area (Å²) in [4.78, 5) is 21.7. The molecule has 0 aromatic carbocycles. The largest absolute Gasteiger partial charge is 0.273 e. The van der Waals surface area contributed by atoms with Gasteiger partial charge >= 0.3 is 0 Å². The van der Waals surface area contributed by atoms with Crippen molar-refractivity contribution < 1.29 is 4.79 Å². The lowest BCUT2D eigenvalue weighted by Gasteiger charge is -2.31. The van der Waals surface area contributed by atoms with Gasteiger partial charge in [0.1, 0.15) is 0 Å². The van der Waals surface area contributed by atoms with Crippen molar-refractivity contribution in [3.8, 4) is 23.0 Å². The molecule has 1 aliphatic rings. The molecular weight excluding hydrogens is 316 g/mol. The SMILES string of the molecule is CC#Cc1cncc(-c2csc([C@]3(C)CC(=O)N=C(CC)C3)c2)c1. The molecule has 0 spiro atoms. The summed E-state index contributed by atoms with van der Waals surface area (Å²) in [5.41, 5.74) is 3.97. The van der Waals surface area contributed by atoms with Crippen molar-refractivity contribution in [2.75, 3.05) is 0 Å². The van der Waals surface area contributed by atoms with Crippen LogP contribution < -0.4 is 0 Å². The predicted octanol–water partition coefficient (Wildman–Crippen LogP) is 4.61. The van der Waals surface area contributed by atoms with Crippen molar-refractivity contribution in [1.82, 2.24) is 4.98 Å². The van der Waals surface area contributed by atoms with E-state index in [0.29, 0.717) is 6.42 Å². The zero-order valence-corrected chi connectivity index (χ0v) is 15.0. The Morgan fingerprint density at radius 1 is 1.25 bits per heavy atom. The molecule has 3 heterocycles. The highest BCUT2D eigenvalue weighted by atomic mass is 32.1. The van der Waals surface area contributed by atoms with Crippen LogP contribution in [0.2, 0.25) is 0 Å². The summed E-state index contributed by atoms with van der Waals surface area (Å²) in [6.07, 6.45) is 5.81. The number of hydrogen-bond donors (Lipinski definition) is 0. The first-order valence-electron chi connectivity index (χ1n) is 8.10. The molecule has 3 rings (SSSR count). The van der Waals surface area contributed by atoms with Gasteiger partial charge < -0.3 is 0 Å². The van der Waals surface area contributed by atoms with Crippen LogP contribution in [0.5, 0.6) is 0 Å². The van der Waals surface area contributed by atoms with E-state index in [0.717, 1.165) is 35.2 Å². The van der Waals surface area contributed by atoms with E-state index >= 15 is 0 Å². The van der Waals surface area contributed by atoms with Gasteiger partial charge in [0.2, 0.25) is 5.91 Å². The molecule has 0 aliphatic carbocycles. The number of amides is 1. The number of pyridine rings is 1. The standard InChI is InChI=1S/C20H20N2OS/c1-4-6-14-7-15(12-21-11-14)16-8-18(24-13-16)20(3)9-17(5-2)22-19(23)10-20/h7-8,11-13H,5,9-10H2,1-3H3/t20-/m0/s1. The smallest absolute Gasteiger partial charge is 0.246 e. The van der Waals surface area contributed by atoms with Crippen LogP contribution in [0, 0.1) is 11.8 Å². The minimum atomic E-state index is -0.151. The van der Waals surface area contributed by atoms with E-state index in [9.17, 15) is 4.79 Å². The number of hydrogen-bond acceptors (Lipinski definition) is 3. The second-order valence-electron chi connectivity index (χ2n) is 6.38. The topological polar surface area (TPSA) is 42.3 Å². The van der Waals surface area contributed by atoms with Gasteiger partial charge in [0, 0.05) is 45.9 Å². The maximum Gasteiger partial charge on any atom is 0.246 e. The van der Waals surface area contributed by atoms with E-state index in [4.69, 9.17) is 0 Å². The van der Waals surface area contributed by atoms with E-state index in [1.54, 1.807) is 17.5 Å². The monoisotopic (exact) mass is 336 g/mol. The highest BCUT2D eigenvalue weighted by Gasteiger charge is 2.35. The number of thiophene rings is 1. The number of carbonyl (C=O) groups excluding carboxylic acids is 1. The highest BCUT2D eigenvalue weighted by molar-refractivity contribution is 7.10. The lowest BCUT2D eigenvalue weighted by atomic mass is 9.77. The first kappa shape index (κ1) is 16.6. The maximum atomic E-state index is 12.0. The normalized spacial score (nSPS) is 20.3. The maximum absolute atomic E-state index is 12.0. The quantitative estimate of drug-likeness (QED) is 0.768. The Hall–Kier alpha value is -2.25. The molecule has 122 valence electrons. The zero-order chi connectivity index (χ0) is 17.2. The number of rotatable bonds is 3. The Morgan fingerprint density at radius 2 is 2.08 bits per heavy atom. The van der Waals surface area contributed by atoms with Crippen molar-refractivity contribution in [1.29, 1.82) is 0 Å². The Labute approximate surface area is 146 Å². The van der Waals surface area contributed by atoms with Gasteiger partial charge in [0.15, 0.2) is 0 Å². The number of carbonyl (C=O) groups is 1. The molecular formula is C20H20N2OS. The number of aliphatic imine (C=N–C) groups is 1. The van der Waals surface area contributed by atoms with Gasteiger partial charge in [-0.3, -0.25) is 9.78 Å². The molecule has 2 aromatic heterocycles. The summed E-state index contributed by atoms with van der Waals surface area (Å²) < 4.78 is 0. The van der Waals surface area contributed by atoms with Crippen LogP contribution in [-0.4, -0.2) is 16.6 Å². The minimum Gasteiger partial charge on any atom is -0.273 e. The van der Waals surface area contributed by atoms with E-state index in [1.165, 1.54) is 4.88 Å². The van der Waals surface area contributed by atoms with E-state index < -0.39 is 0 Å². The Bertz CT molecular complexity index is 869. The van der Waals surface area contributed by atoms with Crippen molar-refractivity contribution in [3.05, 3.63) is 40.3 Å². The van der Waals surface area contributed by atoms with Crippen LogP contribution in [0.4, 0.5) is 0 Å². The molecule has 1 atom stereocenters. The number of aromatic nitrogens is 1. The second-order valence-corrected chi connectivity index (χ2v) is 7.29. The molecule has 0 saturated heterocycles. The summed E-state index contributed by atoms with van der Waals surface area (Å²) in [6.45, 7) is 6.05. The van der Waals surface area contributed by atoms with Gasteiger partial charge in [-0.2, -0.15) is 0 Å². The first-order chi connectivity index (χ1) is 11.5. The molecule has 0 unspecified atom stereocenters. The molecule has 1 amide bonds. The molecule has 1 aliphatic heterocycles. The van der Waals surface area contributed by atoms with E-state index in [2.05, 4.69) is 53.2 Å². The average molecular weight is 336 g/mol. The van der Waals surface area contributed by atoms with E-state index in [1.807, 2.05) is 13.1 Å². The van der Waals surface area contributed by atoms with Crippen molar-refractivity contribution in [3.63, 3.8) is 0 Å². The van der Waals surface area contributed by atoms with Crippen LogP contribution >= 0.6 is 11.3 Å². The average Bonchev–Trinajstić information content (AvgIpc) is 3.05. The summed E-state index contributed by atoms with van der Waals surface area (Å²) in [6, 6.07) is 4.25. The summed E-state index contributed by atoms with van der Waals surface area (Å²) in [7, 11) is 0. The van der Waals surface area contributed by atoms with Gasteiger partial charge in [0.05, 0.1) is 0 Å². The van der Waals surface area contributed by atoms with Gasteiger partial charge in [-0.15, -0.1) is 17.3 Å². The minimum absolute atomic E-state index is 0.00238. The van der Waals surface area contributed by atoms with Gasteiger partial charge in [-0.05, 0) is 42.8 Å². The first-order valence-corrected chi connectivity index (χ1v) is 8.98. The Morgan fingerprint density at radius 3 is 2.83 bits per heavy atom. The predicted molar refractivity (Wildman–Crippen MR) is 99.4 cm³/mol. The zero-order valence-electron chi connectivity index (χ0n) is 14.2. The van der Waals surface area contributed by atoms with Gasteiger partial charge in [-0.1, -0.05) is 19.8 Å². The lowest BCUT2D eigenvalue weighted by Crippen LogP contribution is -2.32. The molecule has 0 N–H and O–H groups in total. The molecule has 0 fully saturated rings. The molecule has 2 aromatic rings. The van der Waals surface area contributed by atoms with Crippen molar-refractivity contribution >= 4 is 23.0 Å². The second kappa shape index (κ2) is 6.70. The fourth-order valence-electron chi connectivity index (χ4n) is 3.09. The van der Waals surface area contributed by atoms with Crippen LogP contribution in [0.25, 0.3) is 11.1 Å². The van der Waals surface area contributed by atoms with Crippen molar-refractivity contribution in [2.24, 2.45) is 4.99 Å². The van der Waals surface area contributed by atoms with Crippen molar-refractivity contribution in [2.45, 2.75) is 45.4 Å². The van der Waals surface area contributed by atoms with E-state index in [-0.39, 0.29) is 11.3 Å². The fraction of sp³-hybridized carbons (Fsp3) is 0.350. The molecule has 24 heavy (non-hydrogen) atoms. The summed E-state index contributed by atoms with van der Waals surface area (Å²) >= 11 is 1.71. The molecule has 0 bridgehead atoms. The number of nitrogens with zero attached hydrogens (tertiary/aromatic N) is 2. The molecule has 0 saturated carbocycles. The van der Waals surface area contributed by atoms with Crippen LogP contribution in [-0.2, 0) is 10.2 Å². The van der Waals surface area contributed by atoms with Gasteiger partial charge in [0.25, 0.3) is 0 Å². The highest BCUT2D eigenvalue weighted by Crippen LogP contribution is 2.40. The molecule has 0 radical (unpaired) electrons. The fourth-order valence-corrected chi connectivity index (χ4v) is 4.18. The van der Waals surface area contributed by atoms with Crippen LogP contribution in [0.1, 0.15) is 50.5 Å². The van der Waals surface area contributed by atoms with Crippen LogP contribution in [0.15, 0.2) is 34.9 Å². The summed E-state index contributed by atoms with van der Waals surface area (Å²) in [5.74, 6) is 5.95. The molecule has 4 heteroatoms. The Balaban J connectivity index is 1.93. The van der Waals surface area contributed by atoms with Gasteiger partial charge in [-0.25, -0.2) is 4.99 Å².